The summed E-state index contributed by atoms with van der Waals surface area (Å²) >= 11 is 5.95. The largest absolute Gasteiger partial charge is 0.486 e. The minimum atomic E-state index is 0.473. The van der Waals surface area contributed by atoms with E-state index in [1.807, 2.05) is 30.3 Å². The number of hydrogen-bond acceptors (Lipinski definition) is 2. The van der Waals surface area contributed by atoms with Crippen molar-refractivity contribution in [3.8, 4) is 5.75 Å². The summed E-state index contributed by atoms with van der Waals surface area (Å²) in [5.41, 5.74) is 2.25. The topological polar surface area (TPSA) is 27.1 Å². The van der Waals surface area contributed by atoms with E-state index >= 15 is 0 Å². The number of hydrogen-bond donors (Lipinski definition) is 0. The van der Waals surface area contributed by atoms with Gasteiger partial charge in [-0.15, -0.1) is 0 Å². The number of aryl methyl sites for hydroxylation is 1. The van der Waals surface area contributed by atoms with Gasteiger partial charge in [0.1, 0.15) is 18.2 Å². The van der Waals surface area contributed by atoms with Gasteiger partial charge >= 0.3 is 0 Å². The van der Waals surface area contributed by atoms with Crippen LogP contribution in [0.25, 0.3) is 11.0 Å². The Morgan fingerprint density at radius 3 is 2.58 bits per heavy atom. The molecule has 0 bridgehead atoms. The second-order valence-electron chi connectivity index (χ2n) is 7.20. The van der Waals surface area contributed by atoms with E-state index in [9.17, 15) is 0 Å². The SMILES string of the molecule is Clc1ccc(OCc2nc3ccccc3n2CCC2CCCCC2)cc1. The van der Waals surface area contributed by atoms with Crippen LogP contribution in [-0.4, -0.2) is 9.55 Å². The number of ether oxygens (including phenoxy) is 1. The summed E-state index contributed by atoms with van der Waals surface area (Å²) in [6, 6.07) is 15.9. The molecule has 1 aromatic heterocycles. The van der Waals surface area contributed by atoms with E-state index < -0.39 is 0 Å². The van der Waals surface area contributed by atoms with Crippen LogP contribution in [0.2, 0.25) is 5.02 Å². The van der Waals surface area contributed by atoms with Gasteiger partial charge in [-0.2, -0.15) is 0 Å². The van der Waals surface area contributed by atoms with Crippen molar-refractivity contribution in [2.24, 2.45) is 5.92 Å². The van der Waals surface area contributed by atoms with Crippen LogP contribution >= 0.6 is 11.6 Å². The van der Waals surface area contributed by atoms with Crippen molar-refractivity contribution in [1.29, 1.82) is 0 Å². The van der Waals surface area contributed by atoms with E-state index in [0.717, 1.165) is 34.6 Å². The van der Waals surface area contributed by atoms with Gasteiger partial charge in [0.25, 0.3) is 0 Å². The second kappa shape index (κ2) is 8.13. The molecule has 4 rings (SSSR count). The number of imidazole rings is 1. The molecule has 1 aliphatic rings. The number of nitrogens with zero attached hydrogens (tertiary/aromatic N) is 2. The summed E-state index contributed by atoms with van der Waals surface area (Å²) in [6.45, 7) is 1.49. The first-order valence-corrected chi connectivity index (χ1v) is 10.00. The van der Waals surface area contributed by atoms with Crippen LogP contribution in [0.1, 0.15) is 44.3 Å². The molecule has 0 N–H and O–H groups in total. The summed E-state index contributed by atoms with van der Waals surface area (Å²) in [7, 11) is 0. The molecule has 2 aromatic carbocycles. The number of rotatable bonds is 6. The van der Waals surface area contributed by atoms with Crippen molar-refractivity contribution in [3.05, 3.63) is 59.4 Å². The van der Waals surface area contributed by atoms with Crippen molar-refractivity contribution >= 4 is 22.6 Å². The molecular weight excluding hydrogens is 344 g/mol. The number of fused-ring (bicyclic) bond motifs is 1. The molecule has 1 heterocycles. The molecule has 1 fully saturated rings. The third-order valence-corrected chi connectivity index (χ3v) is 5.65. The van der Waals surface area contributed by atoms with Gasteiger partial charge in [-0.3, -0.25) is 0 Å². The Kier molecular flexibility index (Phi) is 5.45. The van der Waals surface area contributed by atoms with Crippen molar-refractivity contribution in [2.45, 2.75) is 51.7 Å². The van der Waals surface area contributed by atoms with Crippen molar-refractivity contribution in [2.75, 3.05) is 0 Å². The lowest BCUT2D eigenvalue weighted by Gasteiger charge is -2.22. The fourth-order valence-corrected chi connectivity index (χ4v) is 4.08. The lowest BCUT2D eigenvalue weighted by atomic mass is 9.87. The lowest BCUT2D eigenvalue weighted by molar-refractivity contribution is 0.283. The third-order valence-electron chi connectivity index (χ3n) is 5.40. The molecule has 0 spiro atoms. The number of aromatic nitrogens is 2. The van der Waals surface area contributed by atoms with Gasteiger partial charge in [-0.1, -0.05) is 55.8 Å². The van der Waals surface area contributed by atoms with Gasteiger partial charge in [0.15, 0.2) is 0 Å². The summed E-state index contributed by atoms with van der Waals surface area (Å²) in [5, 5.41) is 0.720. The predicted octanol–water partition coefficient (Wildman–Crippen LogP) is 6.24. The average Bonchev–Trinajstić information content (AvgIpc) is 3.04. The maximum absolute atomic E-state index is 5.97. The Hall–Kier alpha value is -2.00. The van der Waals surface area contributed by atoms with Crippen LogP contribution in [0.4, 0.5) is 0 Å². The average molecular weight is 369 g/mol. The van der Waals surface area contributed by atoms with Gasteiger partial charge in [0.05, 0.1) is 11.0 Å². The first-order valence-electron chi connectivity index (χ1n) is 9.62. The van der Waals surface area contributed by atoms with E-state index in [1.54, 1.807) is 0 Å². The summed E-state index contributed by atoms with van der Waals surface area (Å²) in [4.78, 5) is 4.82. The van der Waals surface area contributed by atoms with Crippen LogP contribution in [0.5, 0.6) is 5.75 Å². The van der Waals surface area contributed by atoms with E-state index in [2.05, 4.69) is 22.8 Å². The molecule has 1 aliphatic carbocycles. The molecule has 136 valence electrons. The van der Waals surface area contributed by atoms with Crippen LogP contribution in [0, 0.1) is 5.92 Å². The summed E-state index contributed by atoms with van der Waals surface area (Å²) in [5.74, 6) is 2.67. The molecule has 0 saturated heterocycles. The highest BCUT2D eigenvalue weighted by molar-refractivity contribution is 6.30. The molecule has 4 heteroatoms. The Labute approximate surface area is 160 Å². The molecule has 0 aliphatic heterocycles. The minimum Gasteiger partial charge on any atom is -0.486 e. The van der Waals surface area contributed by atoms with Gasteiger partial charge < -0.3 is 9.30 Å². The Balaban J connectivity index is 1.51. The van der Waals surface area contributed by atoms with E-state index in [4.69, 9.17) is 21.3 Å². The molecule has 0 atom stereocenters. The van der Waals surface area contributed by atoms with Crippen molar-refractivity contribution in [3.63, 3.8) is 0 Å². The van der Waals surface area contributed by atoms with Crippen molar-refractivity contribution in [1.82, 2.24) is 9.55 Å². The standard InChI is InChI=1S/C22H25ClN2O/c23-18-10-12-19(13-11-18)26-16-22-24-20-8-4-5-9-21(20)25(22)15-14-17-6-2-1-3-7-17/h4-5,8-13,17H,1-3,6-7,14-16H2. The van der Waals surface area contributed by atoms with E-state index in [0.29, 0.717) is 6.61 Å². The van der Waals surface area contributed by atoms with Crippen LogP contribution in [0.3, 0.4) is 0 Å². The highest BCUT2D eigenvalue weighted by Crippen LogP contribution is 2.28. The fraction of sp³-hybridized carbons (Fsp3) is 0.409. The molecule has 0 radical (unpaired) electrons. The maximum atomic E-state index is 5.97. The second-order valence-corrected chi connectivity index (χ2v) is 7.64. The Morgan fingerprint density at radius 2 is 1.77 bits per heavy atom. The maximum Gasteiger partial charge on any atom is 0.147 e. The van der Waals surface area contributed by atoms with Crippen LogP contribution in [-0.2, 0) is 13.2 Å². The smallest absolute Gasteiger partial charge is 0.147 e. The number of benzene rings is 2. The molecule has 0 unspecified atom stereocenters. The molecule has 26 heavy (non-hydrogen) atoms. The first-order chi connectivity index (χ1) is 12.8. The highest BCUT2D eigenvalue weighted by atomic mass is 35.5. The monoisotopic (exact) mass is 368 g/mol. The Bertz CT molecular complexity index is 850. The fourth-order valence-electron chi connectivity index (χ4n) is 3.95. The first kappa shape index (κ1) is 17.4. The number of para-hydroxylation sites is 2. The molecule has 1 saturated carbocycles. The van der Waals surface area contributed by atoms with Gasteiger partial charge in [0, 0.05) is 11.6 Å². The zero-order chi connectivity index (χ0) is 17.8. The zero-order valence-electron chi connectivity index (χ0n) is 15.0. The van der Waals surface area contributed by atoms with Gasteiger partial charge in [-0.25, -0.2) is 4.98 Å². The molecule has 3 nitrogen and oxygen atoms in total. The van der Waals surface area contributed by atoms with Gasteiger partial charge in [-0.05, 0) is 48.7 Å². The lowest BCUT2D eigenvalue weighted by Crippen LogP contribution is -2.13. The van der Waals surface area contributed by atoms with E-state index in [-0.39, 0.29) is 0 Å². The molecule has 0 amide bonds. The normalized spacial score (nSPS) is 15.4. The molecular formula is C22H25ClN2O. The molecule has 3 aromatic rings. The quantitative estimate of drug-likeness (QED) is 0.515. The van der Waals surface area contributed by atoms with E-state index in [1.165, 1.54) is 44.0 Å². The van der Waals surface area contributed by atoms with Crippen molar-refractivity contribution < 1.29 is 4.74 Å². The van der Waals surface area contributed by atoms with Gasteiger partial charge in [0.2, 0.25) is 0 Å². The third kappa shape index (κ3) is 4.04. The predicted molar refractivity (Wildman–Crippen MR) is 107 cm³/mol. The highest BCUT2D eigenvalue weighted by Gasteiger charge is 2.16. The minimum absolute atomic E-state index is 0.473. The van der Waals surface area contributed by atoms with Crippen LogP contribution in [0.15, 0.2) is 48.5 Å². The Morgan fingerprint density at radius 1 is 1.00 bits per heavy atom. The number of halogens is 1. The summed E-state index contributed by atoms with van der Waals surface area (Å²) < 4.78 is 8.31. The van der Waals surface area contributed by atoms with Crippen LogP contribution < -0.4 is 4.74 Å². The zero-order valence-corrected chi connectivity index (χ0v) is 15.8. The summed E-state index contributed by atoms with van der Waals surface area (Å²) in [6.07, 6.45) is 8.18.